The minimum absolute atomic E-state index is 0.157. The van der Waals surface area contributed by atoms with Gasteiger partial charge in [0.2, 0.25) is 0 Å². The fourth-order valence-electron chi connectivity index (χ4n) is 2.17. The monoisotopic (exact) mass is 323 g/mol. The van der Waals surface area contributed by atoms with E-state index < -0.39 is 15.8 Å². The van der Waals surface area contributed by atoms with Crippen LogP contribution in [-0.2, 0) is 22.9 Å². The number of nitrogens with one attached hydrogen (secondary N) is 1. The summed E-state index contributed by atoms with van der Waals surface area (Å²) in [7, 11) is -3.87. The Morgan fingerprint density at radius 2 is 2.19 bits per heavy atom. The van der Waals surface area contributed by atoms with Gasteiger partial charge in [-0.05, 0) is 37.5 Å². The number of aromatic nitrogens is 1. The molecule has 1 N–H and O–H groups in total. The topological polar surface area (TPSA) is 82.8 Å². The molecule has 1 aromatic carbocycles. The van der Waals surface area contributed by atoms with Crippen molar-refractivity contribution in [1.29, 1.82) is 5.26 Å². The minimum atomic E-state index is -3.87. The number of hydrogen-bond acceptors (Lipinski definition) is 5. The van der Waals surface area contributed by atoms with E-state index in [1.54, 1.807) is 6.07 Å². The number of thiazole rings is 1. The Morgan fingerprint density at radius 3 is 2.90 bits per heavy atom. The fourth-order valence-corrected chi connectivity index (χ4v) is 4.48. The Morgan fingerprint density at radius 1 is 1.38 bits per heavy atom. The quantitative estimate of drug-likeness (QED) is 0.940. The molecular formula is C13H10FN3O2S2. The molecule has 0 saturated heterocycles. The number of nitrogens with zero attached hydrogens (tertiary/aromatic N) is 2. The molecule has 0 unspecified atom stereocenters. The van der Waals surface area contributed by atoms with Crippen LogP contribution in [0.1, 0.15) is 22.6 Å². The lowest BCUT2D eigenvalue weighted by Crippen LogP contribution is -2.13. The number of halogens is 1. The zero-order valence-corrected chi connectivity index (χ0v) is 12.4. The summed E-state index contributed by atoms with van der Waals surface area (Å²) in [5.41, 5.74) is 0.633. The lowest BCUT2D eigenvalue weighted by molar-refractivity contribution is 0.599. The van der Waals surface area contributed by atoms with Gasteiger partial charge in [-0.15, -0.1) is 11.3 Å². The Kier molecular flexibility index (Phi) is 3.39. The van der Waals surface area contributed by atoms with Gasteiger partial charge >= 0.3 is 0 Å². The SMILES string of the molecule is N#Cc1cc(S(=O)(=O)Nc2nc3c(s2)CCC3)ccc1F. The largest absolute Gasteiger partial charge is 0.263 e. The molecule has 0 radical (unpaired) electrons. The molecule has 0 amide bonds. The molecule has 0 fully saturated rings. The van der Waals surface area contributed by atoms with E-state index >= 15 is 0 Å². The molecule has 1 heterocycles. The number of anilines is 1. The van der Waals surface area contributed by atoms with E-state index in [0.29, 0.717) is 5.13 Å². The van der Waals surface area contributed by atoms with E-state index in [-0.39, 0.29) is 10.5 Å². The van der Waals surface area contributed by atoms with Gasteiger partial charge in [0.1, 0.15) is 11.9 Å². The smallest absolute Gasteiger partial charge is 0.255 e. The molecular weight excluding hydrogens is 313 g/mol. The Labute approximate surface area is 125 Å². The molecule has 0 bridgehead atoms. The van der Waals surface area contributed by atoms with Gasteiger partial charge in [0.05, 0.1) is 16.2 Å². The molecule has 0 atom stereocenters. The molecule has 1 aromatic heterocycles. The van der Waals surface area contributed by atoms with Crippen LogP contribution in [0.5, 0.6) is 0 Å². The van der Waals surface area contributed by atoms with Crippen molar-refractivity contribution in [3.63, 3.8) is 0 Å². The van der Waals surface area contributed by atoms with E-state index in [9.17, 15) is 12.8 Å². The molecule has 108 valence electrons. The van der Waals surface area contributed by atoms with E-state index in [1.165, 1.54) is 11.3 Å². The lowest BCUT2D eigenvalue weighted by Gasteiger charge is -2.05. The maximum Gasteiger partial charge on any atom is 0.263 e. The molecule has 8 heteroatoms. The van der Waals surface area contributed by atoms with Gasteiger partial charge in [0, 0.05) is 4.88 Å². The van der Waals surface area contributed by atoms with Crippen LogP contribution in [0, 0.1) is 17.1 Å². The Balaban J connectivity index is 1.91. The Bertz CT molecular complexity index is 831. The molecule has 21 heavy (non-hydrogen) atoms. The van der Waals surface area contributed by atoms with Gasteiger partial charge in [-0.25, -0.2) is 17.8 Å². The maximum absolute atomic E-state index is 13.2. The predicted octanol–water partition coefficient (Wildman–Crippen LogP) is 2.44. The highest BCUT2D eigenvalue weighted by Crippen LogP contribution is 2.31. The van der Waals surface area contributed by atoms with Crippen molar-refractivity contribution >= 4 is 26.5 Å². The zero-order chi connectivity index (χ0) is 15.0. The number of aryl methyl sites for hydroxylation is 2. The normalized spacial score (nSPS) is 13.7. The van der Waals surface area contributed by atoms with Crippen molar-refractivity contribution in [1.82, 2.24) is 4.98 Å². The number of nitriles is 1. The van der Waals surface area contributed by atoms with Crippen molar-refractivity contribution in [3.8, 4) is 6.07 Å². The average Bonchev–Trinajstić information content (AvgIpc) is 2.99. The third kappa shape index (κ3) is 2.62. The van der Waals surface area contributed by atoms with Crippen LogP contribution in [0.3, 0.4) is 0 Å². The van der Waals surface area contributed by atoms with Crippen LogP contribution in [-0.4, -0.2) is 13.4 Å². The van der Waals surface area contributed by atoms with Crippen molar-refractivity contribution in [2.75, 3.05) is 4.72 Å². The van der Waals surface area contributed by atoms with Crippen molar-refractivity contribution in [3.05, 3.63) is 40.2 Å². The summed E-state index contributed by atoms with van der Waals surface area (Å²) in [5, 5.41) is 9.07. The van der Waals surface area contributed by atoms with Crippen LogP contribution in [0.15, 0.2) is 23.1 Å². The standard InChI is InChI=1S/C13H10FN3O2S2/c14-10-5-4-9(6-8(10)7-15)21(18,19)17-13-16-11-2-1-3-12(11)20-13/h4-6H,1-3H2,(H,16,17). The van der Waals surface area contributed by atoms with E-state index in [0.717, 1.165) is 48.0 Å². The summed E-state index contributed by atoms with van der Waals surface area (Å²) in [6.45, 7) is 0. The first-order valence-corrected chi connectivity index (χ1v) is 8.50. The second-order valence-corrected chi connectivity index (χ2v) is 7.37. The van der Waals surface area contributed by atoms with Gasteiger partial charge in [-0.2, -0.15) is 5.26 Å². The van der Waals surface area contributed by atoms with Crippen molar-refractivity contribution < 1.29 is 12.8 Å². The van der Waals surface area contributed by atoms with Gasteiger partial charge in [0.25, 0.3) is 10.0 Å². The highest BCUT2D eigenvalue weighted by Gasteiger charge is 2.21. The van der Waals surface area contributed by atoms with E-state index in [1.807, 2.05) is 0 Å². The second kappa shape index (κ2) is 5.09. The molecule has 0 saturated carbocycles. The predicted molar refractivity (Wildman–Crippen MR) is 76.1 cm³/mol. The summed E-state index contributed by atoms with van der Waals surface area (Å²) in [6.07, 6.45) is 2.83. The minimum Gasteiger partial charge on any atom is -0.255 e. The van der Waals surface area contributed by atoms with E-state index in [4.69, 9.17) is 5.26 Å². The number of rotatable bonds is 3. The summed E-state index contributed by atoms with van der Waals surface area (Å²) in [6, 6.07) is 4.73. The fraction of sp³-hybridized carbons (Fsp3) is 0.231. The second-order valence-electron chi connectivity index (χ2n) is 4.60. The first-order valence-electron chi connectivity index (χ1n) is 6.20. The van der Waals surface area contributed by atoms with Crippen LogP contribution >= 0.6 is 11.3 Å². The van der Waals surface area contributed by atoms with Crippen LogP contribution < -0.4 is 4.72 Å². The van der Waals surface area contributed by atoms with E-state index in [2.05, 4.69) is 9.71 Å². The maximum atomic E-state index is 13.2. The molecule has 0 aliphatic heterocycles. The van der Waals surface area contributed by atoms with Crippen LogP contribution in [0.4, 0.5) is 9.52 Å². The third-order valence-electron chi connectivity index (χ3n) is 3.19. The summed E-state index contributed by atoms with van der Waals surface area (Å²) in [5.74, 6) is -0.746. The summed E-state index contributed by atoms with van der Waals surface area (Å²) in [4.78, 5) is 5.20. The summed E-state index contributed by atoms with van der Waals surface area (Å²) < 4.78 is 40.1. The molecule has 5 nitrogen and oxygen atoms in total. The first-order chi connectivity index (χ1) is 9.99. The molecule has 2 aromatic rings. The van der Waals surface area contributed by atoms with Gasteiger partial charge in [-0.1, -0.05) is 0 Å². The van der Waals surface area contributed by atoms with Gasteiger partial charge in [-0.3, -0.25) is 4.72 Å². The van der Waals surface area contributed by atoms with Gasteiger partial charge in [0.15, 0.2) is 5.13 Å². The van der Waals surface area contributed by atoms with Gasteiger partial charge < -0.3 is 0 Å². The zero-order valence-electron chi connectivity index (χ0n) is 10.8. The van der Waals surface area contributed by atoms with Crippen molar-refractivity contribution in [2.45, 2.75) is 24.2 Å². The Hall–Kier alpha value is -1.98. The highest BCUT2D eigenvalue weighted by molar-refractivity contribution is 7.93. The van der Waals surface area contributed by atoms with Crippen LogP contribution in [0.25, 0.3) is 0 Å². The molecule has 0 spiro atoms. The number of sulfonamides is 1. The molecule has 1 aliphatic carbocycles. The number of fused-ring (bicyclic) bond motifs is 1. The number of hydrogen-bond donors (Lipinski definition) is 1. The average molecular weight is 323 g/mol. The lowest BCUT2D eigenvalue weighted by atomic mass is 10.2. The molecule has 1 aliphatic rings. The number of benzene rings is 1. The summed E-state index contributed by atoms with van der Waals surface area (Å²) >= 11 is 1.32. The van der Waals surface area contributed by atoms with Crippen LogP contribution in [0.2, 0.25) is 0 Å². The highest BCUT2D eigenvalue weighted by atomic mass is 32.2. The first kappa shape index (κ1) is 14.0. The van der Waals surface area contributed by atoms with Crippen molar-refractivity contribution in [2.24, 2.45) is 0 Å². The molecule has 3 rings (SSSR count). The third-order valence-corrected chi connectivity index (χ3v) is 5.72.